The van der Waals surface area contributed by atoms with Gasteiger partial charge in [0, 0.05) is 0 Å². The molecule has 0 bridgehead atoms. The molecule has 4 nitrogen and oxygen atoms in total. The van der Waals surface area contributed by atoms with E-state index in [1.807, 2.05) is 0 Å². The molecule has 0 atom stereocenters. The van der Waals surface area contributed by atoms with Gasteiger partial charge in [-0.3, -0.25) is 0 Å². The lowest BCUT2D eigenvalue weighted by Gasteiger charge is -1.94. The molecular formula is C13H8O4S9. The van der Waals surface area contributed by atoms with Gasteiger partial charge in [-0.15, -0.1) is 46.2 Å². The average molecular weight is 517 g/mol. The zero-order valence-corrected chi connectivity index (χ0v) is 20.2. The summed E-state index contributed by atoms with van der Waals surface area (Å²) in [7, 11) is 0. The van der Waals surface area contributed by atoms with E-state index in [0.717, 1.165) is 31.9 Å². The molecular weight excluding hydrogens is 509 g/mol. The minimum Gasteiger partial charge on any atom is -0.477 e. The van der Waals surface area contributed by atoms with Gasteiger partial charge in [-0.25, -0.2) is 9.59 Å². The van der Waals surface area contributed by atoms with Crippen molar-refractivity contribution in [3.8, 4) is 0 Å². The van der Waals surface area contributed by atoms with E-state index in [9.17, 15) is 19.8 Å². The van der Waals surface area contributed by atoms with Crippen LogP contribution < -0.4 is 8.38 Å². The maximum Gasteiger partial charge on any atom is 0.344 e. The Hall–Kier alpha value is 0.530. The third-order valence-corrected chi connectivity index (χ3v) is 14.4. The van der Waals surface area contributed by atoms with Gasteiger partial charge in [-0.05, 0) is 12.5 Å². The van der Waals surface area contributed by atoms with E-state index in [1.165, 1.54) is 35.4 Å². The first-order valence-electron chi connectivity index (χ1n) is 6.48. The normalized spacial score (nSPS) is 17.6. The van der Waals surface area contributed by atoms with Gasteiger partial charge < -0.3 is 10.2 Å². The van der Waals surface area contributed by atoms with Crippen molar-refractivity contribution in [3.63, 3.8) is 0 Å². The molecule has 26 heavy (non-hydrogen) atoms. The van der Waals surface area contributed by atoms with Gasteiger partial charge in [0.15, 0.2) is 0 Å². The third kappa shape index (κ3) is 4.25. The van der Waals surface area contributed by atoms with Crippen molar-refractivity contribution in [2.24, 2.45) is 0 Å². The van der Waals surface area contributed by atoms with Crippen molar-refractivity contribution in [2.45, 2.75) is 0 Å². The number of thioether (sulfide) groups is 6. The Balaban J connectivity index is 2.05. The Bertz CT molecular complexity index is 996. The van der Waals surface area contributed by atoms with Gasteiger partial charge in [0.05, 0.1) is 21.5 Å². The first kappa shape index (κ1) is 21.2. The van der Waals surface area contributed by atoms with Crippen LogP contribution >= 0.6 is 105 Å². The van der Waals surface area contributed by atoms with Crippen molar-refractivity contribution in [3.05, 3.63) is 30.5 Å². The van der Waals surface area contributed by atoms with Gasteiger partial charge in [-0.1, -0.05) is 59.3 Å². The minimum atomic E-state index is -1.23. The maximum atomic E-state index is 11.3. The van der Waals surface area contributed by atoms with Crippen LogP contribution in [0.1, 0.15) is 0 Å². The van der Waals surface area contributed by atoms with Crippen LogP contribution in [-0.4, -0.2) is 34.7 Å². The number of carboxylic acids is 2. The van der Waals surface area contributed by atoms with Crippen molar-refractivity contribution in [2.75, 3.05) is 12.5 Å². The third-order valence-electron chi connectivity index (χ3n) is 2.81. The Kier molecular flexibility index (Phi) is 7.28. The van der Waals surface area contributed by atoms with Crippen molar-refractivity contribution in [1.82, 2.24) is 0 Å². The average Bonchev–Trinajstić information content (AvgIpc) is 3.29. The standard InChI is InChI=1S/C13H8O4S9/c1-19-10-11(20-2)26-13(25-10)12-23-5(8(18)24-12)9-21-3(6(14)15)4(22-9)7(16)17/h1-2H3,(H,14,15)(H,16,17). The van der Waals surface area contributed by atoms with E-state index in [4.69, 9.17) is 12.2 Å². The molecule has 0 aromatic carbocycles. The van der Waals surface area contributed by atoms with Crippen molar-refractivity contribution < 1.29 is 19.8 Å². The molecule has 3 rings (SSSR count). The van der Waals surface area contributed by atoms with E-state index in [-0.39, 0.29) is 9.81 Å². The van der Waals surface area contributed by atoms with Crippen LogP contribution in [0.4, 0.5) is 0 Å². The van der Waals surface area contributed by atoms with E-state index in [2.05, 4.69) is 12.5 Å². The summed E-state index contributed by atoms with van der Waals surface area (Å²) >= 11 is 17.3. The summed E-state index contributed by atoms with van der Waals surface area (Å²) in [5, 5.41) is 18.5. The lowest BCUT2D eigenvalue weighted by molar-refractivity contribution is -0.134. The van der Waals surface area contributed by atoms with Crippen LogP contribution in [0.15, 0.2) is 18.3 Å². The minimum absolute atomic E-state index is 0.153. The van der Waals surface area contributed by atoms with Gasteiger partial charge >= 0.3 is 11.9 Å². The second-order valence-corrected chi connectivity index (χ2v) is 14.1. The monoisotopic (exact) mass is 516 g/mol. The zero-order valence-electron chi connectivity index (χ0n) is 12.9. The molecule has 0 radical (unpaired) electrons. The number of hydrogen-bond acceptors (Lipinski definition) is 11. The van der Waals surface area contributed by atoms with E-state index < -0.39 is 11.9 Å². The van der Waals surface area contributed by atoms with E-state index in [0.29, 0.717) is 8.06 Å². The molecule has 0 amide bonds. The second kappa shape index (κ2) is 8.91. The molecule has 0 spiro atoms. The predicted molar refractivity (Wildman–Crippen MR) is 126 cm³/mol. The molecule has 1 aromatic heterocycles. The van der Waals surface area contributed by atoms with Crippen LogP contribution in [0.5, 0.6) is 0 Å². The summed E-state index contributed by atoms with van der Waals surface area (Å²) in [6, 6.07) is 0. The lowest BCUT2D eigenvalue weighted by Crippen LogP contribution is -2.03. The SMILES string of the molecule is CSC1=C(SC)SC(=c2sc(=S)c(=C3SC(C(=O)O)=C(C(=O)O)S3)s2)S1. The molecule has 13 heteroatoms. The first-order chi connectivity index (χ1) is 12.3. The highest BCUT2D eigenvalue weighted by molar-refractivity contribution is 8.45. The quantitative estimate of drug-likeness (QED) is 0.539. The molecule has 0 saturated heterocycles. The molecule has 2 aliphatic rings. The molecule has 138 valence electrons. The molecule has 2 N–H and O–H groups in total. The number of carboxylic acid groups (broad SMARTS) is 2. The largest absolute Gasteiger partial charge is 0.477 e. The Morgan fingerprint density at radius 1 is 0.846 bits per heavy atom. The van der Waals surface area contributed by atoms with Crippen LogP contribution in [-0.2, 0) is 9.59 Å². The van der Waals surface area contributed by atoms with Gasteiger partial charge in [-0.2, -0.15) is 0 Å². The molecule has 1 aromatic rings. The van der Waals surface area contributed by atoms with Gasteiger partial charge in [0.1, 0.15) is 17.5 Å². The van der Waals surface area contributed by atoms with Gasteiger partial charge in [0.25, 0.3) is 0 Å². The maximum absolute atomic E-state index is 11.3. The molecule has 0 saturated carbocycles. The molecule has 2 aliphatic heterocycles. The topological polar surface area (TPSA) is 74.6 Å². The van der Waals surface area contributed by atoms with E-state index in [1.54, 1.807) is 47.0 Å². The number of carbonyl (C=O) groups is 2. The first-order valence-corrected chi connectivity index (χ1v) is 14.2. The highest BCUT2D eigenvalue weighted by Gasteiger charge is 2.31. The van der Waals surface area contributed by atoms with Crippen LogP contribution in [0.2, 0.25) is 0 Å². The fraction of sp³-hybridized carbons (Fsp3) is 0.154. The fourth-order valence-electron chi connectivity index (χ4n) is 1.77. The number of aliphatic carboxylic acids is 2. The molecule has 0 fully saturated rings. The zero-order chi connectivity index (χ0) is 19.0. The second-order valence-electron chi connectivity index (χ2n) is 4.34. The Morgan fingerprint density at radius 2 is 1.35 bits per heavy atom. The van der Waals surface area contributed by atoms with E-state index >= 15 is 0 Å². The van der Waals surface area contributed by atoms with Crippen LogP contribution in [0.25, 0.3) is 8.47 Å². The fourth-order valence-corrected chi connectivity index (χ4v) is 12.8. The summed E-state index contributed by atoms with van der Waals surface area (Å²) in [5.74, 6) is -2.45. The highest BCUT2D eigenvalue weighted by atomic mass is 32.3. The van der Waals surface area contributed by atoms with Crippen LogP contribution in [0.3, 0.4) is 0 Å². The van der Waals surface area contributed by atoms with Crippen LogP contribution in [0, 0.1) is 3.82 Å². The molecule has 0 aliphatic carbocycles. The van der Waals surface area contributed by atoms with Crippen molar-refractivity contribution in [1.29, 1.82) is 0 Å². The summed E-state index contributed by atoms with van der Waals surface area (Å²) in [5.41, 5.74) is 0. The highest BCUT2D eigenvalue weighted by Crippen LogP contribution is 2.57. The Morgan fingerprint density at radius 3 is 1.77 bits per heavy atom. The van der Waals surface area contributed by atoms with Crippen molar-refractivity contribution >= 4 is 126 Å². The smallest absolute Gasteiger partial charge is 0.344 e. The number of hydrogen-bond donors (Lipinski definition) is 2. The van der Waals surface area contributed by atoms with Gasteiger partial charge in [0.2, 0.25) is 0 Å². The summed E-state index contributed by atoms with van der Waals surface area (Å²) < 4.78 is 6.86. The molecule has 0 unspecified atom stereocenters. The Labute approximate surface area is 187 Å². The molecule has 3 heterocycles. The predicted octanol–water partition coefficient (Wildman–Crippen LogP) is 4.86. The summed E-state index contributed by atoms with van der Waals surface area (Å²) in [6.45, 7) is 0. The summed E-state index contributed by atoms with van der Waals surface area (Å²) in [4.78, 5) is 22.3. The lowest BCUT2D eigenvalue weighted by atomic mass is 10.5. The summed E-state index contributed by atoms with van der Waals surface area (Å²) in [6.07, 6.45) is 4.11. The number of rotatable bonds is 4.